The van der Waals surface area contributed by atoms with Crippen LogP contribution in [-0.2, 0) is 11.8 Å². The van der Waals surface area contributed by atoms with Gasteiger partial charge in [0.15, 0.2) is 4.34 Å². The van der Waals surface area contributed by atoms with Crippen molar-refractivity contribution >= 4 is 44.9 Å². The molecule has 2 heterocycles. The number of nitrogens with zero attached hydrogens (tertiary/aromatic N) is 3. The van der Waals surface area contributed by atoms with Crippen LogP contribution in [0.4, 0.5) is 5.69 Å². The summed E-state index contributed by atoms with van der Waals surface area (Å²) in [6.45, 7) is 3.83. The Morgan fingerprint density at radius 1 is 1.36 bits per heavy atom. The van der Waals surface area contributed by atoms with Crippen LogP contribution in [0.5, 0.6) is 0 Å². The summed E-state index contributed by atoms with van der Waals surface area (Å²) in [6, 6.07) is 7.99. The maximum atomic E-state index is 12.1. The molecule has 0 aliphatic heterocycles. The van der Waals surface area contributed by atoms with Gasteiger partial charge in [-0.1, -0.05) is 23.9 Å². The van der Waals surface area contributed by atoms with E-state index in [2.05, 4.69) is 15.4 Å². The number of thioether (sulfide) groups is 1. The highest BCUT2D eigenvalue weighted by Crippen LogP contribution is 2.29. The Bertz CT molecular complexity index is 804. The van der Waals surface area contributed by atoms with Crippen LogP contribution in [-0.4, -0.2) is 26.4 Å². The molecule has 3 rings (SSSR count). The lowest BCUT2D eigenvalue weighted by Crippen LogP contribution is -2.15. The number of hydrogen-bond donors (Lipinski definition) is 1. The monoisotopic (exact) mass is 332 g/mol. The molecule has 0 unspecified atom stereocenters. The number of rotatable bonds is 4. The Morgan fingerprint density at radius 2 is 2.14 bits per heavy atom. The molecule has 3 aromatic rings. The second-order valence-electron chi connectivity index (χ2n) is 4.95. The molecule has 0 bridgehead atoms. The number of aromatic nitrogens is 3. The maximum Gasteiger partial charge on any atom is 0.234 e. The molecular weight excluding hydrogens is 316 g/mol. The van der Waals surface area contributed by atoms with Crippen LogP contribution < -0.4 is 5.32 Å². The van der Waals surface area contributed by atoms with Crippen LogP contribution in [0.3, 0.4) is 0 Å². The molecule has 114 valence electrons. The summed E-state index contributed by atoms with van der Waals surface area (Å²) in [5.74, 6) is 0.302. The molecule has 0 aliphatic rings. The van der Waals surface area contributed by atoms with Crippen LogP contribution in [0.25, 0.3) is 10.2 Å². The zero-order valence-electron chi connectivity index (χ0n) is 12.6. The molecule has 1 amide bonds. The minimum absolute atomic E-state index is 0.0385. The van der Waals surface area contributed by atoms with Crippen molar-refractivity contribution in [3.8, 4) is 0 Å². The first-order valence-electron chi connectivity index (χ1n) is 6.83. The van der Waals surface area contributed by atoms with E-state index in [0.717, 1.165) is 31.6 Å². The fourth-order valence-electron chi connectivity index (χ4n) is 2.17. The topological polar surface area (TPSA) is 59.8 Å². The third kappa shape index (κ3) is 3.00. The van der Waals surface area contributed by atoms with Gasteiger partial charge in [0.2, 0.25) is 5.91 Å². The Morgan fingerprint density at radius 3 is 2.82 bits per heavy atom. The Balaban J connectivity index is 1.64. The van der Waals surface area contributed by atoms with Gasteiger partial charge in [0.05, 0.1) is 33.0 Å². The fraction of sp³-hybridized carbons (Fsp3) is 0.267. The van der Waals surface area contributed by atoms with E-state index in [1.165, 1.54) is 11.8 Å². The van der Waals surface area contributed by atoms with Crippen LogP contribution >= 0.6 is 23.1 Å². The van der Waals surface area contributed by atoms with Crippen LogP contribution in [0.1, 0.15) is 11.4 Å². The fourth-order valence-corrected chi connectivity index (χ4v) is 4.04. The van der Waals surface area contributed by atoms with Gasteiger partial charge in [-0.15, -0.1) is 11.3 Å². The third-order valence-electron chi connectivity index (χ3n) is 3.37. The molecule has 0 spiro atoms. The van der Waals surface area contributed by atoms with Crippen molar-refractivity contribution in [1.29, 1.82) is 0 Å². The van der Waals surface area contributed by atoms with Gasteiger partial charge >= 0.3 is 0 Å². The zero-order chi connectivity index (χ0) is 15.7. The number of aryl methyl sites for hydroxylation is 2. The first kappa shape index (κ1) is 15.1. The van der Waals surface area contributed by atoms with Gasteiger partial charge in [-0.05, 0) is 26.0 Å². The van der Waals surface area contributed by atoms with E-state index in [4.69, 9.17) is 0 Å². The molecule has 0 fully saturated rings. The Kier molecular flexibility index (Phi) is 4.17. The molecule has 7 heteroatoms. The summed E-state index contributed by atoms with van der Waals surface area (Å²) in [4.78, 5) is 16.6. The molecule has 1 aromatic carbocycles. The van der Waals surface area contributed by atoms with Crippen molar-refractivity contribution in [3.05, 3.63) is 35.7 Å². The van der Waals surface area contributed by atoms with Crippen molar-refractivity contribution in [2.75, 3.05) is 11.1 Å². The molecule has 2 aromatic heterocycles. The lowest BCUT2D eigenvalue weighted by Gasteiger charge is -2.04. The first-order chi connectivity index (χ1) is 10.5. The van der Waals surface area contributed by atoms with E-state index in [-0.39, 0.29) is 5.91 Å². The summed E-state index contributed by atoms with van der Waals surface area (Å²) in [5.41, 5.74) is 3.57. The minimum Gasteiger partial charge on any atom is -0.322 e. The van der Waals surface area contributed by atoms with Gasteiger partial charge in [0.1, 0.15) is 0 Å². The van der Waals surface area contributed by atoms with Crippen LogP contribution in [0.15, 0.2) is 28.6 Å². The third-order valence-corrected chi connectivity index (χ3v) is 5.55. The highest BCUT2D eigenvalue weighted by molar-refractivity contribution is 8.01. The number of fused-ring (bicyclic) bond motifs is 1. The number of amides is 1. The van der Waals surface area contributed by atoms with Gasteiger partial charge in [-0.25, -0.2) is 4.98 Å². The number of benzene rings is 1. The number of nitrogens with one attached hydrogen (secondary N) is 1. The minimum atomic E-state index is -0.0385. The SMILES string of the molecule is Cc1nn(C)c(C)c1NC(=O)CSc1nc2ccccc2s1. The van der Waals surface area contributed by atoms with Crippen LogP contribution in [0, 0.1) is 13.8 Å². The highest BCUT2D eigenvalue weighted by atomic mass is 32.2. The maximum absolute atomic E-state index is 12.1. The summed E-state index contributed by atoms with van der Waals surface area (Å²) < 4.78 is 3.83. The normalized spacial score (nSPS) is 11.0. The van der Waals surface area contributed by atoms with E-state index < -0.39 is 0 Å². The summed E-state index contributed by atoms with van der Waals surface area (Å²) >= 11 is 3.07. The van der Waals surface area contributed by atoms with E-state index in [9.17, 15) is 4.79 Å². The number of carbonyl (C=O) groups excluding carboxylic acids is 1. The van der Waals surface area contributed by atoms with E-state index in [0.29, 0.717) is 5.75 Å². The quantitative estimate of drug-likeness (QED) is 0.744. The number of hydrogen-bond acceptors (Lipinski definition) is 5. The van der Waals surface area contributed by atoms with Gasteiger partial charge in [-0.3, -0.25) is 9.48 Å². The number of para-hydroxylation sites is 1. The van der Waals surface area contributed by atoms with E-state index >= 15 is 0 Å². The number of thiazole rings is 1. The van der Waals surface area contributed by atoms with Crippen molar-refractivity contribution in [2.24, 2.45) is 7.05 Å². The predicted molar refractivity (Wildman–Crippen MR) is 91.7 cm³/mol. The molecule has 0 saturated heterocycles. The standard InChI is InChI=1S/C15H16N4OS2/c1-9-14(10(2)19(3)18-9)17-13(20)8-21-15-16-11-6-4-5-7-12(11)22-15/h4-7H,8H2,1-3H3,(H,17,20). The van der Waals surface area contributed by atoms with Gasteiger partial charge in [0.25, 0.3) is 0 Å². The number of carbonyl (C=O) groups is 1. The van der Waals surface area contributed by atoms with E-state index in [1.807, 2.05) is 45.2 Å². The lowest BCUT2D eigenvalue weighted by molar-refractivity contribution is -0.113. The number of anilines is 1. The first-order valence-corrected chi connectivity index (χ1v) is 8.63. The zero-order valence-corrected chi connectivity index (χ0v) is 14.2. The van der Waals surface area contributed by atoms with Crippen molar-refractivity contribution in [1.82, 2.24) is 14.8 Å². The molecule has 0 radical (unpaired) electrons. The van der Waals surface area contributed by atoms with Gasteiger partial charge in [0, 0.05) is 7.05 Å². The molecule has 22 heavy (non-hydrogen) atoms. The van der Waals surface area contributed by atoms with Gasteiger partial charge in [-0.2, -0.15) is 5.10 Å². The summed E-state index contributed by atoms with van der Waals surface area (Å²) in [6.07, 6.45) is 0. The smallest absolute Gasteiger partial charge is 0.234 e. The summed E-state index contributed by atoms with van der Waals surface area (Å²) in [7, 11) is 1.87. The average Bonchev–Trinajstić information content (AvgIpc) is 3.01. The Labute approximate surface area is 136 Å². The van der Waals surface area contributed by atoms with Crippen LogP contribution in [0.2, 0.25) is 0 Å². The molecule has 5 nitrogen and oxygen atoms in total. The highest BCUT2D eigenvalue weighted by Gasteiger charge is 2.13. The summed E-state index contributed by atoms with van der Waals surface area (Å²) in [5, 5.41) is 7.23. The second-order valence-corrected chi connectivity index (χ2v) is 7.21. The van der Waals surface area contributed by atoms with E-state index in [1.54, 1.807) is 16.0 Å². The molecule has 1 N–H and O–H groups in total. The Hall–Kier alpha value is -1.86. The lowest BCUT2D eigenvalue weighted by atomic mass is 10.3. The molecule has 0 aliphatic carbocycles. The largest absolute Gasteiger partial charge is 0.322 e. The van der Waals surface area contributed by atoms with Crippen molar-refractivity contribution < 1.29 is 4.79 Å². The van der Waals surface area contributed by atoms with Crippen molar-refractivity contribution in [3.63, 3.8) is 0 Å². The molecule has 0 atom stereocenters. The van der Waals surface area contributed by atoms with Gasteiger partial charge < -0.3 is 5.32 Å². The second kappa shape index (κ2) is 6.10. The molecule has 0 saturated carbocycles. The van der Waals surface area contributed by atoms with Crippen molar-refractivity contribution in [2.45, 2.75) is 18.2 Å². The average molecular weight is 332 g/mol. The predicted octanol–water partition coefficient (Wildman–Crippen LogP) is 3.38. The molecular formula is C15H16N4OS2.